The Balaban J connectivity index is 2.96. The van der Waals surface area contributed by atoms with Crippen molar-refractivity contribution < 1.29 is 19.8 Å². The topological polar surface area (TPSA) is 77.8 Å². The van der Waals surface area contributed by atoms with Crippen molar-refractivity contribution >= 4 is 11.9 Å². The number of aliphatic carboxylic acids is 2. The molecule has 1 atom stereocenters. The molecular formula is C13H15NO4. The normalized spacial score (nSPS) is 12.1. The molecule has 0 saturated heterocycles. The zero-order valence-corrected chi connectivity index (χ0v) is 9.82. The maximum atomic E-state index is 10.8. The average Bonchev–Trinajstić information content (AvgIpc) is 2.29. The summed E-state index contributed by atoms with van der Waals surface area (Å²) in [6.45, 7) is 2.95. The van der Waals surface area contributed by atoms with Crippen LogP contribution in [0.15, 0.2) is 43.0 Å². The number of hydrogen-bond acceptors (Lipinski definition) is 3. The van der Waals surface area contributed by atoms with Crippen molar-refractivity contribution in [2.24, 2.45) is 0 Å². The molecule has 0 spiro atoms. The van der Waals surface area contributed by atoms with E-state index in [2.05, 4.69) is 6.58 Å². The summed E-state index contributed by atoms with van der Waals surface area (Å²) in [6, 6.07) is 8.64. The molecule has 0 amide bonds. The van der Waals surface area contributed by atoms with Crippen molar-refractivity contribution in [1.29, 1.82) is 0 Å². The predicted molar refractivity (Wildman–Crippen MR) is 66.2 cm³/mol. The Kier molecular flexibility index (Phi) is 5.07. The Morgan fingerprint density at radius 1 is 1.17 bits per heavy atom. The molecule has 5 nitrogen and oxygen atoms in total. The van der Waals surface area contributed by atoms with E-state index in [0.717, 1.165) is 5.56 Å². The lowest BCUT2D eigenvalue weighted by atomic mass is 10.1. The number of benzene rings is 1. The van der Waals surface area contributed by atoms with Crippen LogP contribution >= 0.6 is 0 Å². The first kappa shape index (κ1) is 13.9. The van der Waals surface area contributed by atoms with Crippen LogP contribution in [0.25, 0.3) is 0 Å². The molecule has 1 aromatic rings. The molecule has 5 heteroatoms. The molecule has 0 fully saturated rings. The molecule has 0 bridgehead atoms. The standard InChI is InChI=1S/C13H15NO4/c1-2-11(10-6-4-3-5-7-10)14(8-12(15)16)9-13(17)18/h2-7,11H,1,8-9H2,(H,15,16)(H,17,18). The summed E-state index contributed by atoms with van der Waals surface area (Å²) in [6.07, 6.45) is 1.54. The largest absolute Gasteiger partial charge is 0.480 e. The van der Waals surface area contributed by atoms with Gasteiger partial charge in [0.15, 0.2) is 0 Å². The molecule has 1 rings (SSSR count). The van der Waals surface area contributed by atoms with Gasteiger partial charge in [0.1, 0.15) is 0 Å². The molecule has 0 aliphatic rings. The van der Waals surface area contributed by atoms with Crippen LogP contribution in [0.2, 0.25) is 0 Å². The van der Waals surface area contributed by atoms with E-state index in [1.165, 1.54) is 4.90 Å². The second kappa shape index (κ2) is 6.56. The van der Waals surface area contributed by atoms with Crippen molar-refractivity contribution in [3.63, 3.8) is 0 Å². The Morgan fingerprint density at radius 3 is 2.06 bits per heavy atom. The highest BCUT2D eigenvalue weighted by Gasteiger charge is 2.21. The Bertz CT molecular complexity index is 414. The fraction of sp³-hybridized carbons (Fsp3) is 0.231. The van der Waals surface area contributed by atoms with Crippen LogP contribution < -0.4 is 0 Å². The van der Waals surface area contributed by atoms with Gasteiger partial charge in [-0.3, -0.25) is 14.5 Å². The van der Waals surface area contributed by atoms with Gasteiger partial charge in [-0.05, 0) is 5.56 Å². The van der Waals surface area contributed by atoms with Crippen LogP contribution in [0.5, 0.6) is 0 Å². The molecule has 2 N–H and O–H groups in total. The van der Waals surface area contributed by atoms with Crippen molar-refractivity contribution in [3.8, 4) is 0 Å². The highest BCUT2D eigenvalue weighted by Crippen LogP contribution is 2.21. The number of carboxylic acid groups (broad SMARTS) is 2. The van der Waals surface area contributed by atoms with Gasteiger partial charge in [-0.1, -0.05) is 36.4 Å². The summed E-state index contributed by atoms with van der Waals surface area (Å²) in [5.74, 6) is -2.14. The Morgan fingerprint density at radius 2 is 1.67 bits per heavy atom. The lowest BCUT2D eigenvalue weighted by molar-refractivity contribution is -0.142. The molecule has 96 valence electrons. The van der Waals surface area contributed by atoms with E-state index >= 15 is 0 Å². The quantitative estimate of drug-likeness (QED) is 0.714. The third kappa shape index (κ3) is 4.03. The molecule has 1 aromatic carbocycles. The van der Waals surface area contributed by atoms with E-state index < -0.39 is 18.0 Å². The molecule has 0 aromatic heterocycles. The smallest absolute Gasteiger partial charge is 0.317 e. The van der Waals surface area contributed by atoms with Crippen molar-refractivity contribution in [2.75, 3.05) is 13.1 Å². The van der Waals surface area contributed by atoms with Crippen LogP contribution in [0.4, 0.5) is 0 Å². The van der Waals surface area contributed by atoms with Crippen LogP contribution in [-0.2, 0) is 9.59 Å². The number of carbonyl (C=O) groups is 2. The van der Waals surface area contributed by atoms with Crippen molar-refractivity contribution in [3.05, 3.63) is 48.6 Å². The van der Waals surface area contributed by atoms with Gasteiger partial charge in [-0.2, -0.15) is 0 Å². The van der Waals surface area contributed by atoms with Gasteiger partial charge >= 0.3 is 11.9 Å². The van der Waals surface area contributed by atoms with Gasteiger partial charge in [0.2, 0.25) is 0 Å². The summed E-state index contributed by atoms with van der Waals surface area (Å²) in [4.78, 5) is 22.9. The highest BCUT2D eigenvalue weighted by atomic mass is 16.4. The number of rotatable bonds is 7. The lowest BCUT2D eigenvalue weighted by Crippen LogP contribution is -2.36. The monoisotopic (exact) mass is 249 g/mol. The summed E-state index contributed by atoms with van der Waals surface area (Å²) in [5.41, 5.74) is 0.815. The van der Waals surface area contributed by atoms with Gasteiger partial charge in [0, 0.05) is 0 Å². The van der Waals surface area contributed by atoms with Crippen LogP contribution in [0, 0.1) is 0 Å². The zero-order valence-electron chi connectivity index (χ0n) is 9.82. The first-order valence-electron chi connectivity index (χ1n) is 5.39. The highest BCUT2D eigenvalue weighted by molar-refractivity contribution is 5.72. The maximum Gasteiger partial charge on any atom is 0.317 e. The minimum absolute atomic E-state index is 0.349. The van der Waals surface area contributed by atoms with E-state index in [4.69, 9.17) is 10.2 Å². The Hall–Kier alpha value is -2.14. The van der Waals surface area contributed by atoms with Crippen molar-refractivity contribution in [2.45, 2.75) is 6.04 Å². The summed E-state index contributed by atoms with van der Waals surface area (Å²) in [5, 5.41) is 17.6. The lowest BCUT2D eigenvalue weighted by Gasteiger charge is -2.26. The molecule has 0 heterocycles. The van der Waals surface area contributed by atoms with E-state index in [1.54, 1.807) is 6.08 Å². The molecule has 0 radical (unpaired) electrons. The zero-order chi connectivity index (χ0) is 13.5. The second-order valence-corrected chi connectivity index (χ2v) is 3.78. The van der Waals surface area contributed by atoms with Gasteiger partial charge in [-0.15, -0.1) is 6.58 Å². The number of nitrogens with zero attached hydrogens (tertiary/aromatic N) is 1. The number of hydrogen-bond donors (Lipinski definition) is 2. The van der Waals surface area contributed by atoms with Crippen LogP contribution in [-0.4, -0.2) is 40.1 Å². The minimum Gasteiger partial charge on any atom is -0.480 e. The molecule has 18 heavy (non-hydrogen) atoms. The van der Waals surface area contributed by atoms with Gasteiger partial charge < -0.3 is 10.2 Å². The second-order valence-electron chi connectivity index (χ2n) is 3.78. The summed E-state index contributed by atoms with van der Waals surface area (Å²) >= 11 is 0. The summed E-state index contributed by atoms with van der Waals surface area (Å²) in [7, 11) is 0. The average molecular weight is 249 g/mol. The van der Waals surface area contributed by atoms with Gasteiger partial charge in [0.05, 0.1) is 19.1 Å². The van der Waals surface area contributed by atoms with E-state index in [0.29, 0.717) is 0 Å². The fourth-order valence-corrected chi connectivity index (χ4v) is 1.75. The molecule has 0 aliphatic heterocycles. The first-order valence-corrected chi connectivity index (χ1v) is 5.39. The van der Waals surface area contributed by atoms with E-state index in [9.17, 15) is 9.59 Å². The number of carboxylic acids is 2. The molecule has 0 aliphatic carbocycles. The minimum atomic E-state index is -1.07. The van der Waals surface area contributed by atoms with E-state index in [1.807, 2.05) is 30.3 Å². The molecular weight excluding hydrogens is 234 g/mol. The van der Waals surface area contributed by atoms with E-state index in [-0.39, 0.29) is 13.1 Å². The van der Waals surface area contributed by atoms with Gasteiger partial charge in [-0.25, -0.2) is 0 Å². The third-order valence-corrected chi connectivity index (χ3v) is 2.43. The summed E-state index contributed by atoms with van der Waals surface area (Å²) < 4.78 is 0. The molecule has 0 saturated carbocycles. The fourth-order valence-electron chi connectivity index (χ4n) is 1.75. The third-order valence-electron chi connectivity index (χ3n) is 2.43. The maximum absolute atomic E-state index is 10.8. The van der Waals surface area contributed by atoms with Crippen molar-refractivity contribution in [1.82, 2.24) is 4.90 Å². The molecule has 1 unspecified atom stereocenters. The van der Waals surface area contributed by atoms with Gasteiger partial charge in [0.25, 0.3) is 0 Å². The first-order chi connectivity index (χ1) is 8.54. The van der Waals surface area contributed by atoms with Crippen LogP contribution in [0.3, 0.4) is 0 Å². The van der Waals surface area contributed by atoms with Crippen LogP contribution in [0.1, 0.15) is 11.6 Å². The SMILES string of the molecule is C=CC(c1ccccc1)N(CC(=O)O)CC(=O)O. The Labute approximate surface area is 105 Å². The predicted octanol–water partition coefficient (Wildman–Crippen LogP) is 1.38.